The molecule has 1 amide bonds. The van der Waals surface area contributed by atoms with E-state index in [9.17, 15) is 4.79 Å². The largest absolute Gasteiger partial charge is 0.360 e. The third-order valence-electron chi connectivity index (χ3n) is 3.90. The number of carbonyl (C=O) groups is 1. The number of hydrogen-bond donors (Lipinski definition) is 2. The van der Waals surface area contributed by atoms with Crippen LogP contribution >= 0.6 is 11.8 Å². The minimum absolute atomic E-state index is 0.152. The van der Waals surface area contributed by atoms with Crippen molar-refractivity contribution < 1.29 is 9.32 Å². The average Bonchev–Trinajstić information content (AvgIpc) is 3.21. The maximum absolute atomic E-state index is 12.0. The SMILES string of the molecule is CCc1ccc2[nH]c3nc(SCC(=O)Nc4cc(C)on4)nnc3c2c1. The lowest BCUT2D eigenvalue weighted by Crippen LogP contribution is -2.14. The van der Waals surface area contributed by atoms with Gasteiger partial charge in [-0.25, -0.2) is 4.98 Å². The Hall–Kier alpha value is -2.94. The molecule has 0 bridgehead atoms. The number of aryl methyl sites for hydroxylation is 2. The number of fused-ring (bicyclic) bond motifs is 3. The number of anilines is 1. The average molecular weight is 368 g/mol. The Kier molecular flexibility index (Phi) is 4.29. The maximum Gasteiger partial charge on any atom is 0.236 e. The molecule has 8 nitrogen and oxygen atoms in total. The molecule has 0 spiro atoms. The van der Waals surface area contributed by atoms with Crippen LogP contribution in [0.1, 0.15) is 18.2 Å². The van der Waals surface area contributed by atoms with Gasteiger partial charge in [0.25, 0.3) is 0 Å². The number of benzene rings is 1. The lowest BCUT2D eigenvalue weighted by atomic mass is 10.1. The fourth-order valence-corrected chi connectivity index (χ4v) is 3.21. The molecule has 4 rings (SSSR count). The number of amides is 1. The summed E-state index contributed by atoms with van der Waals surface area (Å²) in [7, 11) is 0. The van der Waals surface area contributed by atoms with E-state index in [2.05, 4.69) is 49.7 Å². The van der Waals surface area contributed by atoms with Crippen molar-refractivity contribution in [2.45, 2.75) is 25.4 Å². The van der Waals surface area contributed by atoms with Gasteiger partial charge in [-0.15, -0.1) is 10.2 Å². The van der Waals surface area contributed by atoms with Gasteiger partial charge >= 0.3 is 0 Å². The third kappa shape index (κ3) is 3.25. The summed E-state index contributed by atoms with van der Waals surface area (Å²) in [4.78, 5) is 19.7. The summed E-state index contributed by atoms with van der Waals surface area (Å²) in [6, 6.07) is 7.86. The summed E-state index contributed by atoms with van der Waals surface area (Å²) >= 11 is 1.21. The van der Waals surface area contributed by atoms with Gasteiger partial charge in [0.05, 0.1) is 5.75 Å². The van der Waals surface area contributed by atoms with Crippen LogP contribution in [0.4, 0.5) is 5.82 Å². The second kappa shape index (κ2) is 6.75. The summed E-state index contributed by atoms with van der Waals surface area (Å²) in [5.41, 5.74) is 3.61. The first-order valence-electron chi connectivity index (χ1n) is 8.13. The first-order valence-corrected chi connectivity index (χ1v) is 9.12. The zero-order valence-electron chi connectivity index (χ0n) is 14.2. The Morgan fingerprint density at radius 2 is 2.19 bits per heavy atom. The number of nitrogens with zero attached hydrogens (tertiary/aromatic N) is 4. The van der Waals surface area contributed by atoms with Gasteiger partial charge in [-0.3, -0.25) is 4.79 Å². The second-order valence-corrected chi connectivity index (χ2v) is 6.75. The van der Waals surface area contributed by atoms with Crippen molar-refractivity contribution in [3.8, 4) is 0 Å². The Morgan fingerprint density at radius 1 is 1.31 bits per heavy atom. The minimum Gasteiger partial charge on any atom is -0.360 e. The van der Waals surface area contributed by atoms with E-state index in [4.69, 9.17) is 4.52 Å². The molecule has 0 radical (unpaired) electrons. The van der Waals surface area contributed by atoms with Gasteiger partial charge in [0.2, 0.25) is 11.1 Å². The second-order valence-electron chi connectivity index (χ2n) is 5.81. The van der Waals surface area contributed by atoms with E-state index in [1.807, 2.05) is 6.07 Å². The van der Waals surface area contributed by atoms with Gasteiger partial charge < -0.3 is 14.8 Å². The van der Waals surface area contributed by atoms with E-state index < -0.39 is 0 Å². The number of carbonyl (C=O) groups excluding carboxylic acids is 1. The number of H-pyrrole nitrogens is 1. The molecule has 0 fully saturated rings. The molecule has 26 heavy (non-hydrogen) atoms. The third-order valence-corrected chi connectivity index (χ3v) is 4.73. The van der Waals surface area contributed by atoms with Crippen molar-refractivity contribution in [1.82, 2.24) is 25.3 Å². The van der Waals surface area contributed by atoms with Crippen LogP contribution in [0.2, 0.25) is 0 Å². The predicted molar refractivity (Wildman–Crippen MR) is 99.2 cm³/mol. The van der Waals surface area contributed by atoms with Gasteiger partial charge in [0.1, 0.15) is 11.3 Å². The summed E-state index contributed by atoms with van der Waals surface area (Å²) in [5.74, 6) is 0.969. The number of thioether (sulfide) groups is 1. The van der Waals surface area contributed by atoms with Crippen molar-refractivity contribution in [2.24, 2.45) is 0 Å². The topological polar surface area (TPSA) is 110 Å². The summed E-state index contributed by atoms with van der Waals surface area (Å²) in [5, 5.41) is 16.2. The van der Waals surface area contributed by atoms with Crippen molar-refractivity contribution in [3.63, 3.8) is 0 Å². The smallest absolute Gasteiger partial charge is 0.236 e. The summed E-state index contributed by atoms with van der Waals surface area (Å²) in [6.07, 6.45) is 0.956. The molecule has 3 aromatic heterocycles. The highest BCUT2D eigenvalue weighted by Gasteiger charge is 2.12. The lowest BCUT2D eigenvalue weighted by molar-refractivity contribution is -0.113. The van der Waals surface area contributed by atoms with Gasteiger partial charge in [-0.1, -0.05) is 29.9 Å². The minimum atomic E-state index is -0.212. The molecule has 2 N–H and O–H groups in total. The van der Waals surface area contributed by atoms with Crippen LogP contribution in [0.5, 0.6) is 0 Å². The van der Waals surface area contributed by atoms with Crippen LogP contribution in [-0.2, 0) is 11.2 Å². The molecule has 132 valence electrons. The van der Waals surface area contributed by atoms with Crippen LogP contribution in [0.25, 0.3) is 22.1 Å². The molecule has 0 unspecified atom stereocenters. The zero-order valence-corrected chi connectivity index (χ0v) is 15.1. The van der Waals surface area contributed by atoms with Gasteiger partial charge in [-0.2, -0.15) is 0 Å². The molecular formula is C17H16N6O2S. The van der Waals surface area contributed by atoms with E-state index >= 15 is 0 Å². The fourth-order valence-electron chi connectivity index (χ4n) is 2.62. The van der Waals surface area contributed by atoms with Gasteiger partial charge in [0.15, 0.2) is 11.5 Å². The Morgan fingerprint density at radius 3 is 2.96 bits per heavy atom. The maximum atomic E-state index is 12.0. The monoisotopic (exact) mass is 368 g/mol. The molecular weight excluding hydrogens is 352 g/mol. The highest BCUT2D eigenvalue weighted by Crippen LogP contribution is 2.25. The zero-order chi connectivity index (χ0) is 18.1. The van der Waals surface area contributed by atoms with E-state index in [0.717, 1.165) is 22.8 Å². The lowest BCUT2D eigenvalue weighted by Gasteiger charge is -2.00. The molecule has 0 atom stereocenters. The standard InChI is InChI=1S/C17H16N6O2S/c1-3-10-4-5-12-11(7-10)15-16(18-12)20-17(22-21-15)26-8-14(24)19-13-6-9(2)25-23-13/h4-7H,3,8H2,1-2H3,(H,18,20,22)(H,19,23,24). The normalized spacial score (nSPS) is 11.3. The predicted octanol–water partition coefficient (Wildman–Crippen LogP) is 3.10. The molecule has 0 aliphatic carbocycles. The van der Waals surface area contributed by atoms with Crippen molar-refractivity contribution >= 4 is 45.6 Å². The van der Waals surface area contributed by atoms with Crippen LogP contribution in [0, 0.1) is 6.92 Å². The van der Waals surface area contributed by atoms with E-state index in [1.165, 1.54) is 17.3 Å². The Labute approximate surface area is 152 Å². The number of hydrogen-bond acceptors (Lipinski definition) is 7. The van der Waals surface area contributed by atoms with Crippen LogP contribution in [0.15, 0.2) is 33.9 Å². The van der Waals surface area contributed by atoms with Crippen molar-refractivity contribution in [2.75, 3.05) is 11.1 Å². The van der Waals surface area contributed by atoms with E-state index in [0.29, 0.717) is 22.4 Å². The Bertz CT molecular complexity index is 1100. The Balaban J connectivity index is 1.50. The molecule has 9 heteroatoms. The van der Waals surface area contributed by atoms with Crippen LogP contribution < -0.4 is 5.32 Å². The summed E-state index contributed by atoms with van der Waals surface area (Å²) < 4.78 is 4.91. The highest BCUT2D eigenvalue weighted by atomic mass is 32.2. The molecule has 0 aliphatic rings. The molecule has 1 aromatic carbocycles. The molecule has 4 aromatic rings. The van der Waals surface area contributed by atoms with Gasteiger partial charge in [-0.05, 0) is 31.0 Å². The molecule has 3 heterocycles. The number of aromatic amines is 1. The quantitative estimate of drug-likeness (QED) is 0.521. The van der Waals surface area contributed by atoms with Crippen molar-refractivity contribution in [1.29, 1.82) is 0 Å². The summed E-state index contributed by atoms with van der Waals surface area (Å²) in [6.45, 7) is 3.87. The molecule has 0 saturated carbocycles. The van der Waals surface area contributed by atoms with E-state index in [-0.39, 0.29) is 11.7 Å². The fraction of sp³-hybridized carbons (Fsp3) is 0.235. The van der Waals surface area contributed by atoms with Crippen LogP contribution in [0.3, 0.4) is 0 Å². The molecule has 0 aliphatic heterocycles. The number of nitrogens with one attached hydrogen (secondary N) is 2. The van der Waals surface area contributed by atoms with Crippen LogP contribution in [-0.4, -0.2) is 37.0 Å². The first kappa shape index (κ1) is 16.5. The van der Waals surface area contributed by atoms with Gasteiger partial charge in [0, 0.05) is 17.0 Å². The van der Waals surface area contributed by atoms with E-state index in [1.54, 1.807) is 13.0 Å². The highest BCUT2D eigenvalue weighted by molar-refractivity contribution is 7.99. The van der Waals surface area contributed by atoms with Crippen molar-refractivity contribution in [3.05, 3.63) is 35.6 Å². The number of aromatic nitrogens is 5. The number of rotatable bonds is 5. The first-order chi connectivity index (χ1) is 12.6. The molecule has 0 saturated heterocycles.